The zero-order valence-electron chi connectivity index (χ0n) is 15.8. The number of rotatable bonds is 6. The number of hydrogen-bond acceptors (Lipinski definition) is 6. The third kappa shape index (κ3) is 5.44. The fourth-order valence-electron chi connectivity index (χ4n) is 2.46. The zero-order valence-corrected chi connectivity index (χ0v) is 18.1. The average molecular weight is 465 g/mol. The van der Waals surface area contributed by atoms with Gasteiger partial charge in [-0.2, -0.15) is 0 Å². The molecule has 0 aliphatic heterocycles. The van der Waals surface area contributed by atoms with Gasteiger partial charge in [-0.25, -0.2) is 9.47 Å². The molecule has 3 rings (SSSR count). The van der Waals surface area contributed by atoms with Crippen LogP contribution >= 0.6 is 35.0 Å². The highest BCUT2D eigenvalue weighted by molar-refractivity contribution is 8.00. The van der Waals surface area contributed by atoms with Crippen molar-refractivity contribution >= 4 is 46.9 Å². The minimum absolute atomic E-state index is 0.295. The van der Waals surface area contributed by atoms with E-state index in [4.69, 9.17) is 29.0 Å². The Balaban J connectivity index is 1.59. The van der Waals surface area contributed by atoms with E-state index in [0.717, 1.165) is 17.3 Å². The molecule has 1 aromatic heterocycles. The summed E-state index contributed by atoms with van der Waals surface area (Å²) in [5.41, 5.74) is 1.48. The molecule has 3 aromatic rings. The highest BCUT2D eigenvalue weighted by atomic mass is 35.5. The van der Waals surface area contributed by atoms with Crippen LogP contribution in [0.2, 0.25) is 10.0 Å². The van der Waals surface area contributed by atoms with Gasteiger partial charge in [0.15, 0.2) is 5.82 Å². The van der Waals surface area contributed by atoms with Crippen LogP contribution in [0.3, 0.4) is 0 Å². The second kappa shape index (κ2) is 9.84. The van der Waals surface area contributed by atoms with Crippen molar-refractivity contribution in [2.75, 3.05) is 5.84 Å². The summed E-state index contributed by atoms with van der Waals surface area (Å²) in [5.74, 6) is 5.91. The average Bonchev–Trinajstić information content (AvgIpc) is 3.07. The molecule has 0 bridgehead atoms. The molecule has 0 aliphatic carbocycles. The lowest BCUT2D eigenvalue weighted by Crippen LogP contribution is -2.42. The van der Waals surface area contributed by atoms with E-state index in [0.29, 0.717) is 33.1 Å². The molecule has 2 aromatic carbocycles. The van der Waals surface area contributed by atoms with Crippen molar-refractivity contribution in [2.24, 2.45) is 0 Å². The second-order valence-electron chi connectivity index (χ2n) is 6.22. The topological polar surface area (TPSA) is 115 Å². The predicted molar refractivity (Wildman–Crippen MR) is 118 cm³/mol. The molecule has 0 saturated carbocycles. The number of hydrogen-bond donors (Lipinski definition) is 3. The number of carbonyl (C=O) groups excluding carboxylic acids is 2. The van der Waals surface area contributed by atoms with E-state index in [9.17, 15) is 9.59 Å². The van der Waals surface area contributed by atoms with Gasteiger partial charge in [0, 0.05) is 17.1 Å². The Kier molecular flexibility index (Phi) is 7.20. The minimum Gasteiger partial charge on any atom is -0.335 e. The number of amides is 3. The maximum atomic E-state index is 12.3. The van der Waals surface area contributed by atoms with Gasteiger partial charge in [0.2, 0.25) is 11.1 Å². The molecule has 0 fully saturated rings. The van der Waals surface area contributed by atoms with Crippen LogP contribution in [0.25, 0.3) is 11.4 Å². The number of nitrogens with zero attached hydrogens (tertiary/aromatic N) is 3. The molecule has 4 N–H and O–H groups in total. The van der Waals surface area contributed by atoms with Crippen LogP contribution in [-0.2, 0) is 11.3 Å². The van der Waals surface area contributed by atoms with Gasteiger partial charge in [-0.1, -0.05) is 65.3 Å². The zero-order chi connectivity index (χ0) is 21.7. The molecule has 11 heteroatoms. The van der Waals surface area contributed by atoms with Crippen molar-refractivity contribution < 1.29 is 9.59 Å². The normalized spacial score (nSPS) is 11.7. The van der Waals surface area contributed by atoms with Crippen LogP contribution in [-0.4, -0.2) is 32.1 Å². The SMILES string of the molecule is CC(Sc1nnc(-c2ccc(Cl)cc2Cl)n1N)C(=O)NC(=O)NCc1ccccc1. The van der Waals surface area contributed by atoms with Crippen LogP contribution in [0.1, 0.15) is 12.5 Å². The summed E-state index contributed by atoms with van der Waals surface area (Å²) in [5, 5.41) is 13.5. The quantitative estimate of drug-likeness (QED) is 0.379. The molecule has 0 saturated heterocycles. The lowest BCUT2D eigenvalue weighted by molar-refractivity contribution is -0.119. The summed E-state index contributed by atoms with van der Waals surface area (Å²) >= 11 is 13.2. The summed E-state index contributed by atoms with van der Waals surface area (Å²) in [6.45, 7) is 1.94. The Morgan fingerprint density at radius 1 is 1.17 bits per heavy atom. The fraction of sp³-hybridized carbons (Fsp3) is 0.158. The van der Waals surface area contributed by atoms with Gasteiger partial charge in [-0.15, -0.1) is 10.2 Å². The number of nitrogens with one attached hydrogen (secondary N) is 2. The predicted octanol–water partition coefficient (Wildman–Crippen LogP) is 3.47. The monoisotopic (exact) mass is 464 g/mol. The first-order chi connectivity index (χ1) is 14.3. The molecule has 1 unspecified atom stereocenters. The number of carbonyl (C=O) groups is 2. The Bertz CT molecular complexity index is 1060. The summed E-state index contributed by atoms with van der Waals surface area (Å²) in [6, 6.07) is 13.7. The third-order valence-corrected chi connectivity index (χ3v) is 5.63. The number of thioether (sulfide) groups is 1. The van der Waals surface area contributed by atoms with Crippen molar-refractivity contribution in [2.45, 2.75) is 23.9 Å². The molecular weight excluding hydrogens is 447 g/mol. The van der Waals surface area contributed by atoms with E-state index in [1.54, 1.807) is 25.1 Å². The molecule has 3 amide bonds. The Hall–Kier alpha value is -2.75. The van der Waals surface area contributed by atoms with E-state index < -0.39 is 17.2 Å². The molecule has 0 radical (unpaired) electrons. The van der Waals surface area contributed by atoms with Gasteiger partial charge in [-0.05, 0) is 30.7 Å². The van der Waals surface area contributed by atoms with Crippen LogP contribution < -0.4 is 16.5 Å². The Labute approximate surface area is 187 Å². The number of urea groups is 1. The van der Waals surface area contributed by atoms with Gasteiger partial charge in [0.05, 0.1) is 10.3 Å². The van der Waals surface area contributed by atoms with Crippen molar-refractivity contribution in [1.82, 2.24) is 25.5 Å². The molecule has 0 spiro atoms. The molecule has 1 atom stereocenters. The second-order valence-corrected chi connectivity index (χ2v) is 8.37. The molecule has 30 heavy (non-hydrogen) atoms. The molecule has 8 nitrogen and oxygen atoms in total. The fourth-order valence-corrected chi connectivity index (χ4v) is 3.72. The summed E-state index contributed by atoms with van der Waals surface area (Å²) in [4.78, 5) is 24.3. The van der Waals surface area contributed by atoms with Gasteiger partial charge in [0.25, 0.3) is 0 Å². The van der Waals surface area contributed by atoms with Gasteiger partial charge >= 0.3 is 6.03 Å². The Morgan fingerprint density at radius 2 is 1.90 bits per heavy atom. The molecular formula is C19H18Cl2N6O2S. The number of benzene rings is 2. The van der Waals surface area contributed by atoms with E-state index in [1.165, 1.54) is 4.68 Å². The first-order valence-electron chi connectivity index (χ1n) is 8.80. The summed E-state index contributed by atoms with van der Waals surface area (Å²) < 4.78 is 1.24. The number of halogens is 2. The summed E-state index contributed by atoms with van der Waals surface area (Å²) in [6.07, 6.45) is 0. The number of nitrogen functional groups attached to an aromatic ring is 1. The van der Waals surface area contributed by atoms with E-state index in [1.807, 2.05) is 30.3 Å². The highest BCUT2D eigenvalue weighted by Crippen LogP contribution is 2.31. The van der Waals surface area contributed by atoms with Gasteiger partial charge in [0.1, 0.15) is 0 Å². The summed E-state index contributed by atoms with van der Waals surface area (Å²) in [7, 11) is 0. The van der Waals surface area contributed by atoms with Crippen LogP contribution in [0.5, 0.6) is 0 Å². The number of aromatic nitrogens is 3. The van der Waals surface area contributed by atoms with Crippen molar-refractivity contribution in [3.63, 3.8) is 0 Å². The first kappa shape index (κ1) is 21.9. The third-order valence-electron chi connectivity index (χ3n) is 4.02. The van der Waals surface area contributed by atoms with Crippen molar-refractivity contribution in [1.29, 1.82) is 0 Å². The maximum Gasteiger partial charge on any atom is 0.321 e. The van der Waals surface area contributed by atoms with Crippen molar-refractivity contribution in [3.05, 3.63) is 64.1 Å². The largest absolute Gasteiger partial charge is 0.335 e. The van der Waals surface area contributed by atoms with Crippen LogP contribution in [0, 0.1) is 0 Å². The lowest BCUT2D eigenvalue weighted by atomic mass is 10.2. The highest BCUT2D eigenvalue weighted by Gasteiger charge is 2.22. The van der Waals surface area contributed by atoms with Gasteiger partial charge < -0.3 is 11.2 Å². The van der Waals surface area contributed by atoms with E-state index >= 15 is 0 Å². The Morgan fingerprint density at radius 3 is 2.60 bits per heavy atom. The maximum absolute atomic E-state index is 12.3. The number of nitrogens with two attached hydrogens (primary N) is 1. The van der Waals surface area contributed by atoms with Crippen LogP contribution in [0.4, 0.5) is 4.79 Å². The minimum atomic E-state index is -0.646. The smallest absolute Gasteiger partial charge is 0.321 e. The number of imide groups is 1. The first-order valence-corrected chi connectivity index (χ1v) is 10.4. The standard InChI is InChI=1S/C19H18Cl2N6O2S/c1-11(17(28)24-18(29)23-10-12-5-3-2-4-6-12)30-19-26-25-16(27(19)22)14-8-7-13(20)9-15(14)21/h2-9,11H,10,22H2,1H3,(H2,23,24,28,29). The van der Waals surface area contributed by atoms with Gasteiger partial charge in [-0.3, -0.25) is 10.1 Å². The molecule has 156 valence electrons. The molecule has 1 heterocycles. The molecule has 0 aliphatic rings. The van der Waals surface area contributed by atoms with E-state index in [-0.39, 0.29) is 0 Å². The van der Waals surface area contributed by atoms with Crippen LogP contribution in [0.15, 0.2) is 53.7 Å². The van der Waals surface area contributed by atoms with Crippen molar-refractivity contribution in [3.8, 4) is 11.4 Å². The van der Waals surface area contributed by atoms with E-state index in [2.05, 4.69) is 20.8 Å². The lowest BCUT2D eigenvalue weighted by Gasteiger charge is -2.12.